The van der Waals surface area contributed by atoms with E-state index < -0.39 is 0 Å². The van der Waals surface area contributed by atoms with Gasteiger partial charge in [-0.1, -0.05) is 55.3 Å². The van der Waals surface area contributed by atoms with Crippen LogP contribution in [-0.2, 0) is 11.3 Å². The van der Waals surface area contributed by atoms with E-state index >= 15 is 0 Å². The van der Waals surface area contributed by atoms with E-state index in [0.29, 0.717) is 24.5 Å². The molecule has 4 nitrogen and oxygen atoms in total. The van der Waals surface area contributed by atoms with E-state index in [9.17, 15) is 4.79 Å². The van der Waals surface area contributed by atoms with E-state index in [4.69, 9.17) is 15.9 Å². The number of amides is 1. The Balaban J connectivity index is 1.58. The molecular formula is C25H25NO3. The highest BCUT2D eigenvalue weighted by molar-refractivity contribution is 5.83. The van der Waals surface area contributed by atoms with Crippen molar-refractivity contribution < 1.29 is 14.3 Å². The van der Waals surface area contributed by atoms with Crippen molar-refractivity contribution in [2.45, 2.75) is 25.8 Å². The zero-order chi connectivity index (χ0) is 20.6. The lowest BCUT2D eigenvalue weighted by atomic mass is 9.97. The Morgan fingerprint density at radius 3 is 2.62 bits per heavy atom. The molecule has 0 aliphatic carbocycles. The standard InChI is InChI=1S/C25H25NO3/c1-4-13-29-23-12-11-21(16-24(23)28-3)18(2)14-25(27)26-17-19-9-10-20-7-5-6-8-22(20)15-19/h1,5-12,15-16,18H,13-14,17H2,2-3H3,(H,26,27). The largest absolute Gasteiger partial charge is 0.493 e. The summed E-state index contributed by atoms with van der Waals surface area (Å²) >= 11 is 0. The monoisotopic (exact) mass is 387 g/mol. The second kappa shape index (κ2) is 9.66. The van der Waals surface area contributed by atoms with Gasteiger partial charge in [-0.3, -0.25) is 4.79 Å². The molecule has 4 heteroatoms. The van der Waals surface area contributed by atoms with Gasteiger partial charge in [0.05, 0.1) is 7.11 Å². The van der Waals surface area contributed by atoms with E-state index in [-0.39, 0.29) is 18.4 Å². The Bertz CT molecular complexity index is 1040. The van der Waals surface area contributed by atoms with Crippen LogP contribution in [0.2, 0.25) is 0 Å². The Labute approximate surface area is 171 Å². The van der Waals surface area contributed by atoms with Gasteiger partial charge in [0.2, 0.25) is 5.91 Å². The fourth-order valence-electron chi connectivity index (χ4n) is 3.25. The van der Waals surface area contributed by atoms with Crippen LogP contribution in [0.25, 0.3) is 10.8 Å². The topological polar surface area (TPSA) is 47.6 Å². The first-order valence-corrected chi connectivity index (χ1v) is 9.59. The maximum Gasteiger partial charge on any atom is 0.220 e. The van der Waals surface area contributed by atoms with E-state index in [0.717, 1.165) is 11.1 Å². The molecule has 0 spiro atoms. The number of benzene rings is 3. The van der Waals surface area contributed by atoms with Gasteiger partial charge >= 0.3 is 0 Å². The Morgan fingerprint density at radius 1 is 1.07 bits per heavy atom. The molecule has 29 heavy (non-hydrogen) atoms. The van der Waals surface area contributed by atoms with Crippen LogP contribution in [0.1, 0.15) is 30.4 Å². The second-order valence-electron chi connectivity index (χ2n) is 6.97. The summed E-state index contributed by atoms with van der Waals surface area (Å²) in [4.78, 5) is 12.4. The summed E-state index contributed by atoms with van der Waals surface area (Å²) < 4.78 is 10.9. The third-order valence-electron chi connectivity index (χ3n) is 4.86. The molecule has 0 saturated carbocycles. The van der Waals surface area contributed by atoms with Crippen molar-refractivity contribution in [2.75, 3.05) is 13.7 Å². The number of nitrogens with one attached hydrogen (secondary N) is 1. The Kier molecular flexibility index (Phi) is 6.76. The van der Waals surface area contributed by atoms with Crippen molar-refractivity contribution >= 4 is 16.7 Å². The van der Waals surface area contributed by atoms with E-state index in [1.54, 1.807) is 7.11 Å². The molecule has 1 N–H and O–H groups in total. The number of ether oxygens (including phenoxy) is 2. The molecule has 148 valence electrons. The van der Waals surface area contributed by atoms with E-state index in [1.807, 2.05) is 43.3 Å². The molecule has 0 aromatic heterocycles. The molecule has 1 amide bonds. The lowest BCUT2D eigenvalue weighted by Crippen LogP contribution is -2.24. The third kappa shape index (κ3) is 5.30. The first kappa shape index (κ1) is 20.3. The first-order valence-electron chi connectivity index (χ1n) is 9.59. The Morgan fingerprint density at radius 2 is 1.86 bits per heavy atom. The third-order valence-corrected chi connectivity index (χ3v) is 4.86. The molecule has 3 rings (SSSR count). The summed E-state index contributed by atoms with van der Waals surface area (Å²) in [5.74, 6) is 3.70. The van der Waals surface area contributed by atoms with Crippen molar-refractivity contribution in [2.24, 2.45) is 0 Å². The van der Waals surface area contributed by atoms with Crippen LogP contribution >= 0.6 is 0 Å². The molecule has 3 aromatic rings. The highest BCUT2D eigenvalue weighted by Crippen LogP contribution is 2.31. The maximum absolute atomic E-state index is 12.4. The minimum Gasteiger partial charge on any atom is -0.493 e. The molecule has 0 bridgehead atoms. The summed E-state index contributed by atoms with van der Waals surface area (Å²) in [6.45, 7) is 2.72. The van der Waals surface area contributed by atoms with Gasteiger partial charge in [-0.2, -0.15) is 0 Å². The molecule has 0 radical (unpaired) electrons. The van der Waals surface area contributed by atoms with E-state index in [2.05, 4.69) is 35.5 Å². The first-order chi connectivity index (χ1) is 14.1. The summed E-state index contributed by atoms with van der Waals surface area (Å²) in [6.07, 6.45) is 5.63. The van der Waals surface area contributed by atoms with Gasteiger partial charge in [0.1, 0.15) is 6.61 Å². The highest BCUT2D eigenvalue weighted by atomic mass is 16.5. The van der Waals surface area contributed by atoms with Crippen molar-refractivity contribution in [1.29, 1.82) is 0 Å². The smallest absolute Gasteiger partial charge is 0.220 e. The van der Waals surface area contributed by atoms with Gasteiger partial charge < -0.3 is 14.8 Å². The Hall–Kier alpha value is -3.45. The molecule has 0 saturated heterocycles. The minimum absolute atomic E-state index is 0.0114. The fraction of sp³-hybridized carbons (Fsp3) is 0.240. The predicted molar refractivity (Wildman–Crippen MR) is 116 cm³/mol. The van der Waals surface area contributed by atoms with Gasteiger partial charge in [-0.25, -0.2) is 0 Å². The number of carbonyl (C=O) groups excluding carboxylic acids is 1. The van der Waals surface area contributed by atoms with Gasteiger partial charge in [-0.15, -0.1) is 6.42 Å². The number of fused-ring (bicyclic) bond motifs is 1. The van der Waals surface area contributed by atoms with Crippen LogP contribution in [0.15, 0.2) is 60.7 Å². The zero-order valence-corrected chi connectivity index (χ0v) is 16.8. The van der Waals surface area contributed by atoms with Crippen LogP contribution in [0, 0.1) is 12.3 Å². The maximum atomic E-state index is 12.4. The number of rotatable bonds is 8. The fourth-order valence-corrected chi connectivity index (χ4v) is 3.25. The van der Waals surface area contributed by atoms with Crippen molar-refractivity contribution in [3.05, 3.63) is 71.8 Å². The van der Waals surface area contributed by atoms with Crippen LogP contribution in [0.5, 0.6) is 11.5 Å². The average molecular weight is 387 g/mol. The van der Waals surface area contributed by atoms with Gasteiger partial charge in [0.25, 0.3) is 0 Å². The summed E-state index contributed by atoms with van der Waals surface area (Å²) in [7, 11) is 1.59. The normalized spacial score (nSPS) is 11.5. The van der Waals surface area contributed by atoms with Gasteiger partial charge in [0.15, 0.2) is 11.5 Å². The van der Waals surface area contributed by atoms with E-state index in [1.165, 1.54) is 10.8 Å². The summed E-state index contributed by atoms with van der Waals surface area (Å²) in [5.41, 5.74) is 2.09. The van der Waals surface area contributed by atoms with Crippen LogP contribution in [-0.4, -0.2) is 19.6 Å². The summed E-state index contributed by atoms with van der Waals surface area (Å²) in [6, 6.07) is 20.1. The quantitative estimate of drug-likeness (QED) is 0.572. The molecule has 0 aliphatic rings. The number of methoxy groups -OCH3 is 1. The number of hydrogen-bond donors (Lipinski definition) is 1. The van der Waals surface area contributed by atoms with Gasteiger partial charge in [-0.05, 0) is 46.0 Å². The molecule has 1 unspecified atom stereocenters. The summed E-state index contributed by atoms with van der Waals surface area (Å²) in [5, 5.41) is 5.38. The number of hydrogen-bond acceptors (Lipinski definition) is 3. The minimum atomic E-state index is 0.0114. The van der Waals surface area contributed by atoms with Crippen LogP contribution < -0.4 is 14.8 Å². The lowest BCUT2D eigenvalue weighted by Gasteiger charge is -2.15. The highest BCUT2D eigenvalue weighted by Gasteiger charge is 2.14. The molecule has 0 aliphatic heterocycles. The molecular weight excluding hydrogens is 362 g/mol. The number of carbonyl (C=O) groups is 1. The number of terminal acetylenes is 1. The average Bonchev–Trinajstić information content (AvgIpc) is 2.75. The lowest BCUT2D eigenvalue weighted by molar-refractivity contribution is -0.121. The van der Waals surface area contributed by atoms with Crippen LogP contribution in [0.4, 0.5) is 0 Å². The molecule has 1 atom stereocenters. The van der Waals surface area contributed by atoms with Crippen molar-refractivity contribution in [3.8, 4) is 23.8 Å². The van der Waals surface area contributed by atoms with Gasteiger partial charge in [0, 0.05) is 13.0 Å². The predicted octanol–water partition coefficient (Wildman–Crippen LogP) is 4.67. The van der Waals surface area contributed by atoms with Crippen molar-refractivity contribution in [1.82, 2.24) is 5.32 Å². The molecule has 0 fully saturated rings. The van der Waals surface area contributed by atoms with Crippen molar-refractivity contribution in [3.63, 3.8) is 0 Å². The SMILES string of the molecule is C#CCOc1ccc(C(C)CC(=O)NCc2ccc3ccccc3c2)cc1OC. The second-order valence-corrected chi connectivity index (χ2v) is 6.97. The zero-order valence-electron chi connectivity index (χ0n) is 16.8. The van der Waals surface area contributed by atoms with Crippen LogP contribution in [0.3, 0.4) is 0 Å². The molecule has 3 aromatic carbocycles. The molecule has 0 heterocycles.